The highest BCUT2D eigenvalue weighted by Gasteiger charge is 2.19. The van der Waals surface area contributed by atoms with Crippen LogP contribution in [0.4, 0.5) is 0 Å². The van der Waals surface area contributed by atoms with Crippen molar-refractivity contribution in [1.29, 1.82) is 0 Å². The van der Waals surface area contributed by atoms with E-state index in [1.165, 1.54) is 36.8 Å². The van der Waals surface area contributed by atoms with Crippen molar-refractivity contribution in [1.82, 2.24) is 10.3 Å². The molecule has 1 aromatic heterocycles. The van der Waals surface area contributed by atoms with Crippen LogP contribution < -0.4 is 5.32 Å². The van der Waals surface area contributed by atoms with E-state index in [1.807, 2.05) is 25.1 Å². The van der Waals surface area contributed by atoms with Gasteiger partial charge in [0.05, 0.1) is 15.5 Å². The molecular weight excluding hydrogens is 312 g/mol. The van der Waals surface area contributed by atoms with Crippen LogP contribution in [0.5, 0.6) is 0 Å². The molecule has 1 amide bonds. The minimum absolute atomic E-state index is 0.0934. The lowest BCUT2D eigenvalue weighted by atomic mass is 9.89. The Hall–Kier alpha value is -1.07. The molecule has 5 heteroatoms. The van der Waals surface area contributed by atoms with E-state index in [0.29, 0.717) is 5.92 Å². The molecule has 1 N–H and O–H groups in total. The predicted molar refractivity (Wildman–Crippen MR) is 94.5 cm³/mol. The van der Waals surface area contributed by atoms with Gasteiger partial charge in [-0.2, -0.15) is 0 Å². The minimum atomic E-state index is -0.0934. The number of hydrogen-bond acceptors (Lipinski definition) is 4. The van der Waals surface area contributed by atoms with Crippen LogP contribution in [0.2, 0.25) is 0 Å². The summed E-state index contributed by atoms with van der Waals surface area (Å²) in [5.41, 5.74) is 1.02. The molecule has 1 aliphatic carbocycles. The lowest BCUT2D eigenvalue weighted by Crippen LogP contribution is -2.35. The van der Waals surface area contributed by atoms with E-state index in [1.54, 1.807) is 23.1 Å². The van der Waals surface area contributed by atoms with E-state index < -0.39 is 0 Å². The maximum atomic E-state index is 12.3. The molecule has 1 atom stereocenters. The van der Waals surface area contributed by atoms with Crippen molar-refractivity contribution in [2.75, 3.05) is 6.54 Å². The van der Waals surface area contributed by atoms with Crippen LogP contribution >= 0.6 is 23.1 Å². The average molecular weight is 335 g/mol. The van der Waals surface area contributed by atoms with Crippen LogP contribution in [0.15, 0.2) is 28.6 Å². The van der Waals surface area contributed by atoms with Gasteiger partial charge in [-0.15, -0.1) is 11.3 Å². The largest absolute Gasteiger partial charge is 0.355 e. The molecule has 1 saturated carbocycles. The summed E-state index contributed by atoms with van der Waals surface area (Å²) in [5, 5.41) is 3.03. The summed E-state index contributed by atoms with van der Waals surface area (Å²) >= 11 is 3.22. The number of fused-ring (bicyclic) bond motifs is 1. The summed E-state index contributed by atoms with van der Waals surface area (Å²) in [6.45, 7) is 2.80. The number of hydrogen-bond donors (Lipinski definition) is 1. The highest BCUT2D eigenvalue weighted by atomic mass is 32.2. The Morgan fingerprint density at radius 1 is 1.36 bits per heavy atom. The second-order valence-corrected chi connectivity index (χ2v) is 8.58. The number of thiazole rings is 1. The van der Waals surface area contributed by atoms with E-state index in [2.05, 4.69) is 16.4 Å². The zero-order valence-electron chi connectivity index (χ0n) is 12.9. The van der Waals surface area contributed by atoms with Crippen molar-refractivity contribution < 1.29 is 4.79 Å². The van der Waals surface area contributed by atoms with Crippen molar-refractivity contribution in [3.8, 4) is 0 Å². The number of carbonyl (C=O) groups excluding carboxylic acids is 1. The lowest BCUT2D eigenvalue weighted by Gasteiger charge is -2.22. The van der Waals surface area contributed by atoms with Gasteiger partial charge in [-0.1, -0.05) is 43.2 Å². The molecule has 0 bridgehead atoms. The van der Waals surface area contributed by atoms with Crippen LogP contribution in [0, 0.1) is 5.92 Å². The van der Waals surface area contributed by atoms with Crippen molar-refractivity contribution in [3.05, 3.63) is 24.3 Å². The number of nitrogens with one attached hydrogen (secondary N) is 1. The minimum Gasteiger partial charge on any atom is -0.355 e. The number of para-hydroxylation sites is 1. The van der Waals surface area contributed by atoms with Crippen LogP contribution in [-0.4, -0.2) is 22.7 Å². The summed E-state index contributed by atoms with van der Waals surface area (Å²) < 4.78 is 2.15. The first-order valence-corrected chi connectivity index (χ1v) is 9.72. The summed E-state index contributed by atoms with van der Waals surface area (Å²) in [4.78, 5) is 16.8. The van der Waals surface area contributed by atoms with E-state index in [9.17, 15) is 4.79 Å². The van der Waals surface area contributed by atoms with Gasteiger partial charge in [0.15, 0.2) is 4.34 Å². The summed E-state index contributed by atoms with van der Waals surface area (Å²) in [6, 6.07) is 8.11. The number of thioether (sulfide) groups is 1. The zero-order chi connectivity index (χ0) is 15.4. The fraction of sp³-hybridized carbons (Fsp3) is 0.529. The molecular formula is C17H22N2OS2. The third-order valence-electron chi connectivity index (χ3n) is 4.21. The molecule has 1 aromatic carbocycles. The van der Waals surface area contributed by atoms with Crippen molar-refractivity contribution in [2.45, 2.75) is 48.6 Å². The highest BCUT2D eigenvalue weighted by molar-refractivity contribution is 8.02. The third kappa shape index (κ3) is 4.02. The molecule has 0 saturated heterocycles. The molecule has 3 rings (SSSR count). The normalized spacial score (nSPS) is 17.5. The Balaban J connectivity index is 1.51. The second-order valence-electron chi connectivity index (χ2n) is 5.96. The van der Waals surface area contributed by atoms with Crippen LogP contribution in [-0.2, 0) is 4.79 Å². The Kier molecular flexibility index (Phi) is 5.37. The van der Waals surface area contributed by atoms with Crippen LogP contribution in [0.1, 0.15) is 39.0 Å². The summed E-state index contributed by atoms with van der Waals surface area (Å²) in [7, 11) is 0. The molecule has 1 heterocycles. The van der Waals surface area contributed by atoms with E-state index >= 15 is 0 Å². The van der Waals surface area contributed by atoms with Gasteiger partial charge in [0.2, 0.25) is 5.91 Å². The molecule has 22 heavy (non-hydrogen) atoms. The molecule has 2 aromatic rings. The van der Waals surface area contributed by atoms with Gasteiger partial charge >= 0.3 is 0 Å². The fourth-order valence-electron chi connectivity index (χ4n) is 2.89. The van der Waals surface area contributed by atoms with Crippen LogP contribution in [0.25, 0.3) is 10.2 Å². The molecule has 1 unspecified atom stereocenters. The number of nitrogens with zero attached hydrogens (tertiary/aromatic N) is 1. The standard InChI is InChI=1S/C17H22N2OS2/c1-12(16(20)18-11-13-7-3-2-4-8-13)21-17-19-14-9-5-6-10-15(14)22-17/h5-6,9-10,12-13H,2-4,7-8,11H2,1H3,(H,18,20). The van der Waals surface area contributed by atoms with E-state index in [0.717, 1.165) is 16.4 Å². The molecule has 118 valence electrons. The number of carbonyl (C=O) groups is 1. The zero-order valence-corrected chi connectivity index (χ0v) is 14.5. The molecule has 0 spiro atoms. The SMILES string of the molecule is CC(Sc1nc2ccccc2s1)C(=O)NCC1CCCCC1. The van der Waals surface area contributed by atoms with Crippen molar-refractivity contribution in [2.24, 2.45) is 5.92 Å². The Bertz CT molecular complexity index is 601. The second kappa shape index (κ2) is 7.47. The van der Waals surface area contributed by atoms with Crippen molar-refractivity contribution in [3.63, 3.8) is 0 Å². The molecule has 1 aliphatic rings. The first kappa shape index (κ1) is 15.8. The number of rotatable bonds is 5. The fourth-order valence-corrected chi connectivity index (χ4v) is 5.12. The van der Waals surface area contributed by atoms with Gasteiger partial charge in [0.25, 0.3) is 0 Å². The van der Waals surface area contributed by atoms with Gasteiger partial charge in [-0.3, -0.25) is 4.79 Å². The average Bonchev–Trinajstić information content (AvgIpc) is 2.95. The first-order chi connectivity index (χ1) is 10.7. The monoisotopic (exact) mass is 334 g/mol. The number of aromatic nitrogens is 1. The van der Waals surface area contributed by atoms with Gasteiger partial charge in [0.1, 0.15) is 0 Å². The van der Waals surface area contributed by atoms with Gasteiger partial charge in [-0.25, -0.2) is 4.98 Å². The molecule has 0 radical (unpaired) electrons. The number of benzene rings is 1. The van der Waals surface area contributed by atoms with Gasteiger partial charge in [-0.05, 0) is 37.8 Å². The summed E-state index contributed by atoms with van der Waals surface area (Å²) in [5.74, 6) is 0.812. The number of amides is 1. The molecule has 3 nitrogen and oxygen atoms in total. The molecule has 0 aliphatic heterocycles. The quantitative estimate of drug-likeness (QED) is 0.820. The molecule has 1 fully saturated rings. The van der Waals surface area contributed by atoms with Crippen molar-refractivity contribution >= 4 is 39.2 Å². The van der Waals surface area contributed by atoms with Gasteiger partial charge < -0.3 is 5.32 Å². The summed E-state index contributed by atoms with van der Waals surface area (Å²) in [6.07, 6.45) is 6.51. The van der Waals surface area contributed by atoms with E-state index in [-0.39, 0.29) is 11.2 Å². The van der Waals surface area contributed by atoms with Crippen LogP contribution in [0.3, 0.4) is 0 Å². The highest BCUT2D eigenvalue weighted by Crippen LogP contribution is 2.32. The lowest BCUT2D eigenvalue weighted by molar-refractivity contribution is -0.120. The van der Waals surface area contributed by atoms with Gasteiger partial charge in [0, 0.05) is 6.54 Å². The topological polar surface area (TPSA) is 42.0 Å². The third-order valence-corrected chi connectivity index (χ3v) is 6.44. The Labute approximate surface area is 139 Å². The maximum Gasteiger partial charge on any atom is 0.233 e. The first-order valence-electron chi connectivity index (χ1n) is 8.02. The smallest absolute Gasteiger partial charge is 0.233 e. The Morgan fingerprint density at radius 3 is 2.91 bits per heavy atom. The Morgan fingerprint density at radius 2 is 2.14 bits per heavy atom. The maximum absolute atomic E-state index is 12.3. The predicted octanol–water partition coefficient (Wildman–Crippen LogP) is 4.47. The van der Waals surface area contributed by atoms with E-state index in [4.69, 9.17) is 0 Å².